The van der Waals surface area contributed by atoms with Gasteiger partial charge in [0.05, 0.1) is 18.6 Å². The lowest BCUT2D eigenvalue weighted by Gasteiger charge is -2.33. The van der Waals surface area contributed by atoms with Crippen LogP contribution in [0.1, 0.15) is 67.8 Å². The highest BCUT2D eigenvalue weighted by Gasteiger charge is 2.34. The van der Waals surface area contributed by atoms with Crippen molar-refractivity contribution in [3.05, 3.63) is 40.3 Å². The first-order valence-electron chi connectivity index (χ1n) is 11.3. The molecule has 2 aromatic rings. The van der Waals surface area contributed by atoms with Gasteiger partial charge in [0.15, 0.2) is 0 Å². The molecule has 3 N–H and O–H groups in total. The second kappa shape index (κ2) is 10.4. The Hall–Kier alpha value is -2.87. The number of thiophene rings is 1. The van der Waals surface area contributed by atoms with E-state index in [0.29, 0.717) is 28.8 Å². The average Bonchev–Trinajstić information content (AvgIpc) is 3.10. The first-order valence-corrected chi connectivity index (χ1v) is 12.1. The van der Waals surface area contributed by atoms with Gasteiger partial charge >= 0.3 is 5.97 Å². The Kier molecular flexibility index (Phi) is 7.79. The molecule has 2 amide bonds. The van der Waals surface area contributed by atoms with E-state index in [0.717, 1.165) is 35.5 Å². The fourth-order valence-electron chi connectivity index (χ4n) is 4.06. The van der Waals surface area contributed by atoms with Crippen LogP contribution >= 0.6 is 11.3 Å². The first-order chi connectivity index (χ1) is 15.6. The topological polar surface area (TPSA) is 105 Å². The van der Waals surface area contributed by atoms with Crippen molar-refractivity contribution in [3.8, 4) is 5.75 Å². The second-order valence-electron chi connectivity index (χ2n) is 9.37. The Balaban J connectivity index is 1.87. The minimum atomic E-state index is -1.03. The molecule has 1 aromatic carbocycles. The number of aliphatic carboxylic acids is 1. The summed E-state index contributed by atoms with van der Waals surface area (Å²) in [5.41, 5.74) is 2.25. The quantitative estimate of drug-likeness (QED) is 0.480. The molecule has 33 heavy (non-hydrogen) atoms. The number of carboxylic acid groups (broad SMARTS) is 1. The van der Waals surface area contributed by atoms with Crippen LogP contribution < -0.4 is 15.4 Å². The summed E-state index contributed by atoms with van der Waals surface area (Å²) in [4.78, 5) is 37.7. The number of rotatable bonds is 8. The summed E-state index contributed by atoms with van der Waals surface area (Å²) in [5, 5.41) is 15.1. The molecule has 0 unspecified atom stereocenters. The number of carboxylic acids is 1. The molecule has 1 aliphatic carbocycles. The lowest BCUT2D eigenvalue weighted by Crippen LogP contribution is -2.27. The lowest BCUT2D eigenvalue weighted by molar-refractivity contribution is -0.138. The molecule has 0 aliphatic heterocycles. The van der Waals surface area contributed by atoms with E-state index < -0.39 is 11.9 Å². The number of carbonyl (C=O) groups is 3. The minimum Gasteiger partial charge on any atom is -0.494 e. The van der Waals surface area contributed by atoms with E-state index in [2.05, 4.69) is 31.4 Å². The standard InChI is InChI=1S/C25H32N2O5S/c1-5-32-17-9-7-16(8-10-17)26-23(31)22-18-11-6-15(25(2,3)4)14-19(18)33-24(22)27-20(28)12-13-21(29)30/h7-10,15H,5-6,11-14H2,1-4H3,(H,26,31)(H,27,28)(H,29,30)/t15-/m0/s1. The predicted molar refractivity (Wildman–Crippen MR) is 130 cm³/mol. The van der Waals surface area contributed by atoms with Gasteiger partial charge in [0.25, 0.3) is 5.91 Å². The van der Waals surface area contributed by atoms with Crippen molar-refractivity contribution in [2.45, 2.75) is 59.8 Å². The Morgan fingerprint density at radius 3 is 2.42 bits per heavy atom. The molecule has 0 bridgehead atoms. The molecule has 8 heteroatoms. The summed E-state index contributed by atoms with van der Waals surface area (Å²) in [6.07, 6.45) is 2.21. The van der Waals surface area contributed by atoms with Crippen molar-refractivity contribution >= 4 is 39.8 Å². The van der Waals surface area contributed by atoms with Gasteiger partial charge in [-0.2, -0.15) is 0 Å². The maximum absolute atomic E-state index is 13.3. The molecule has 0 spiro atoms. The molecule has 3 rings (SSSR count). The Bertz CT molecular complexity index is 1020. The predicted octanol–water partition coefficient (Wildman–Crippen LogP) is 5.35. The van der Waals surface area contributed by atoms with Crippen LogP contribution in [0.15, 0.2) is 24.3 Å². The van der Waals surface area contributed by atoms with Crippen LogP contribution in [0.4, 0.5) is 10.7 Å². The van der Waals surface area contributed by atoms with Crippen LogP contribution in [0.3, 0.4) is 0 Å². The molecule has 0 fully saturated rings. The van der Waals surface area contributed by atoms with Gasteiger partial charge < -0.3 is 20.5 Å². The number of fused-ring (bicyclic) bond motifs is 1. The van der Waals surface area contributed by atoms with Crippen molar-refractivity contribution in [2.75, 3.05) is 17.2 Å². The highest BCUT2D eigenvalue weighted by molar-refractivity contribution is 7.17. The third-order valence-corrected chi connectivity index (χ3v) is 7.13. The number of ether oxygens (including phenoxy) is 1. The molecule has 1 atom stereocenters. The van der Waals surface area contributed by atoms with Gasteiger partial charge in [-0.15, -0.1) is 11.3 Å². The smallest absolute Gasteiger partial charge is 0.303 e. The highest BCUT2D eigenvalue weighted by atomic mass is 32.1. The van der Waals surface area contributed by atoms with Crippen molar-refractivity contribution in [1.82, 2.24) is 0 Å². The fourth-order valence-corrected chi connectivity index (χ4v) is 5.40. The normalized spacial score (nSPS) is 15.5. The van der Waals surface area contributed by atoms with Crippen LogP contribution in [0.25, 0.3) is 0 Å². The Morgan fingerprint density at radius 1 is 1.12 bits per heavy atom. The number of nitrogens with one attached hydrogen (secondary N) is 2. The van der Waals surface area contributed by atoms with E-state index in [-0.39, 0.29) is 24.2 Å². The molecule has 0 radical (unpaired) electrons. The number of anilines is 2. The largest absolute Gasteiger partial charge is 0.494 e. The lowest BCUT2D eigenvalue weighted by atomic mass is 9.72. The van der Waals surface area contributed by atoms with E-state index in [1.807, 2.05) is 6.92 Å². The Labute approximate surface area is 198 Å². The van der Waals surface area contributed by atoms with Gasteiger partial charge in [-0.05, 0) is 67.3 Å². The van der Waals surface area contributed by atoms with E-state index in [1.54, 1.807) is 24.3 Å². The van der Waals surface area contributed by atoms with E-state index in [9.17, 15) is 14.4 Å². The van der Waals surface area contributed by atoms with Crippen LogP contribution in [-0.2, 0) is 22.4 Å². The number of hydrogen-bond donors (Lipinski definition) is 3. The van der Waals surface area contributed by atoms with E-state index >= 15 is 0 Å². The highest BCUT2D eigenvalue weighted by Crippen LogP contribution is 2.44. The monoisotopic (exact) mass is 472 g/mol. The van der Waals surface area contributed by atoms with E-state index in [4.69, 9.17) is 9.84 Å². The molecular weight excluding hydrogens is 440 g/mol. The van der Waals surface area contributed by atoms with Gasteiger partial charge in [0, 0.05) is 17.0 Å². The SMILES string of the molecule is CCOc1ccc(NC(=O)c2c(NC(=O)CCC(=O)O)sc3c2CC[C@H](C(C)(C)C)C3)cc1. The summed E-state index contributed by atoms with van der Waals surface area (Å²) in [7, 11) is 0. The van der Waals surface area contributed by atoms with Crippen LogP contribution in [0.2, 0.25) is 0 Å². The van der Waals surface area contributed by atoms with Crippen molar-refractivity contribution in [1.29, 1.82) is 0 Å². The summed E-state index contributed by atoms with van der Waals surface area (Å²) in [6.45, 7) is 9.15. The summed E-state index contributed by atoms with van der Waals surface area (Å²) < 4.78 is 5.45. The fraction of sp³-hybridized carbons (Fsp3) is 0.480. The minimum absolute atomic E-state index is 0.136. The third-order valence-electron chi connectivity index (χ3n) is 5.96. The molecule has 7 nitrogen and oxygen atoms in total. The van der Waals surface area contributed by atoms with E-state index in [1.165, 1.54) is 11.3 Å². The second-order valence-corrected chi connectivity index (χ2v) is 10.5. The number of carbonyl (C=O) groups excluding carboxylic acids is 2. The number of benzene rings is 1. The summed E-state index contributed by atoms with van der Waals surface area (Å²) in [5.74, 6) is -0.501. The van der Waals surface area contributed by atoms with Crippen LogP contribution in [-0.4, -0.2) is 29.5 Å². The van der Waals surface area contributed by atoms with Crippen molar-refractivity contribution < 1.29 is 24.2 Å². The summed E-state index contributed by atoms with van der Waals surface area (Å²) in [6, 6.07) is 7.15. The molecule has 1 aliphatic rings. The maximum atomic E-state index is 13.3. The van der Waals surface area contributed by atoms with Crippen molar-refractivity contribution in [3.63, 3.8) is 0 Å². The van der Waals surface area contributed by atoms with Gasteiger partial charge in [-0.3, -0.25) is 14.4 Å². The zero-order valence-electron chi connectivity index (χ0n) is 19.6. The number of amides is 2. The molecule has 0 saturated heterocycles. The van der Waals surface area contributed by atoms with Gasteiger partial charge in [-0.25, -0.2) is 0 Å². The van der Waals surface area contributed by atoms with Crippen molar-refractivity contribution in [2.24, 2.45) is 11.3 Å². The molecule has 0 saturated carbocycles. The first kappa shape index (κ1) is 24.8. The Morgan fingerprint density at radius 2 is 1.82 bits per heavy atom. The average molecular weight is 473 g/mol. The van der Waals surface area contributed by atoms with Crippen LogP contribution in [0.5, 0.6) is 5.75 Å². The third kappa shape index (κ3) is 6.35. The van der Waals surface area contributed by atoms with Crippen LogP contribution in [0, 0.1) is 11.3 Å². The maximum Gasteiger partial charge on any atom is 0.303 e. The molecule has 1 aromatic heterocycles. The summed E-state index contributed by atoms with van der Waals surface area (Å²) >= 11 is 1.43. The molecular formula is C25H32N2O5S. The van der Waals surface area contributed by atoms with Gasteiger partial charge in [0.1, 0.15) is 10.8 Å². The van der Waals surface area contributed by atoms with Gasteiger partial charge in [0.2, 0.25) is 5.91 Å². The zero-order valence-corrected chi connectivity index (χ0v) is 20.4. The van der Waals surface area contributed by atoms with Gasteiger partial charge in [-0.1, -0.05) is 20.8 Å². The number of hydrogen-bond acceptors (Lipinski definition) is 5. The zero-order chi connectivity index (χ0) is 24.2. The molecule has 178 valence electrons. The molecule has 1 heterocycles.